The number of thioether (sulfide) groups is 1. The minimum Gasteiger partial charge on any atom is -0.382 e. The molecule has 0 radical (unpaired) electrons. The fourth-order valence-corrected chi connectivity index (χ4v) is 6.55. The molecule has 294 valence electrons. The molecule has 1 saturated heterocycles. The van der Waals surface area contributed by atoms with Crippen LogP contribution in [0, 0.1) is 5.92 Å². The van der Waals surface area contributed by atoms with Crippen molar-refractivity contribution >= 4 is 35.3 Å². The van der Waals surface area contributed by atoms with Crippen molar-refractivity contribution in [2.24, 2.45) is 5.92 Å². The topological polar surface area (TPSA) is 154 Å². The van der Waals surface area contributed by atoms with Crippen LogP contribution in [-0.2, 0) is 55.7 Å². The molecule has 2 aromatic rings. The predicted octanol–water partition coefficient (Wildman–Crippen LogP) is 3.54. The molecule has 1 aliphatic rings. The molecule has 12 nitrogen and oxygen atoms in total. The highest BCUT2D eigenvalue weighted by atomic mass is 32.2. The van der Waals surface area contributed by atoms with Gasteiger partial charge >= 0.3 is 0 Å². The average molecular weight is 758 g/mol. The van der Waals surface area contributed by atoms with Gasteiger partial charge in [0, 0.05) is 26.4 Å². The van der Waals surface area contributed by atoms with E-state index in [9.17, 15) is 19.2 Å². The van der Waals surface area contributed by atoms with Gasteiger partial charge < -0.3 is 39.6 Å². The molecule has 0 bridgehead atoms. The lowest BCUT2D eigenvalue weighted by Crippen LogP contribution is -2.58. The Kier molecular flexibility index (Phi) is 20.1. The van der Waals surface area contributed by atoms with Gasteiger partial charge in [-0.3, -0.25) is 19.2 Å². The number of ether oxygens (including phenoxy) is 5. The number of rotatable bonds is 28. The van der Waals surface area contributed by atoms with E-state index in [1.54, 1.807) is 14.0 Å². The molecule has 0 aliphatic carbocycles. The van der Waals surface area contributed by atoms with E-state index < -0.39 is 40.8 Å². The van der Waals surface area contributed by atoms with E-state index in [4.69, 9.17) is 23.7 Å². The molecule has 0 unspecified atom stereocenters. The minimum atomic E-state index is -1.07. The smallest absolute Gasteiger partial charge is 0.245 e. The third kappa shape index (κ3) is 16.7. The Morgan fingerprint density at radius 2 is 1.28 bits per heavy atom. The normalized spacial score (nSPS) is 17.4. The van der Waals surface area contributed by atoms with Crippen molar-refractivity contribution in [1.82, 2.24) is 16.0 Å². The highest BCUT2D eigenvalue weighted by Crippen LogP contribution is 2.29. The van der Waals surface area contributed by atoms with Gasteiger partial charge in [0.1, 0.15) is 17.7 Å². The van der Waals surface area contributed by atoms with Crippen molar-refractivity contribution in [3.8, 4) is 0 Å². The molecule has 13 heteroatoms. The summed E-state index contributed by atoms with van der Waals surface area (Å²) in [6.45, 7) is 8.37. The Morgan fingerprint density at radius 1 is 0.717 bits per heavy atom. The fourth-order valence-electron chi connectivity index (χ4n) is 5.55. The highest BCUT2D eigenvalue weighted by molar-refractivity contribution is 8.00. The number of methoxy groups -OCH3 is 2. The molecule has 0 spiro atoms. The third-order valence-corrected chi connectivity index (χ3v) is 10.1. The lowest BCUT2D eigenvalue weighted by atomic mass is 9.93. The van der Waals surface area contributed by atoms with Crippen LogP contribution in [0.2, 0.25) is 0 Å². The van der Waals surface area contributed by atoms with E-state index in [0.29, 0.717) is 70.6 Å². The number of carbonyl (C=O) groups excluding carboxylic acids is 4. The Morgan fingerprint density at radius 3 is 1.89 bits per heavy atom. The Hall–Kier alpha value is -3.33. The summed E-state index contributed by atoms with van der Waals surface area (Å²) >= 11 is 1.46. The van der Waals surface area contributed by atoms with E-state index in [1.165, 1.54) is 18.9 Å². The summed E-state index contributed by atoms with van der Waals surface area (Å²) < 4.78 is 26.9. The van der Waals surface area contributed by atoms with Crippen molar-refractivity contribution in [1.29, 1.82) is 0 Å². The van der Waals surface area contributed by atoms with Gasteiger partial charge in [0.25, 0.3) is 0 Å². The van der Waals surface area contributed by atoms with Crippen LogP contribution in [0.25, 0.3) is 0 Å². The summed E-state index contributed by atoms with van der Waals surface area (Å²) in [6.07, 6.45) is 2.56. The van der Waals surface area contributed by atoms with Crippen LogP contribution >= 0.6 is 11.8 Å². The van der Waals surface area contributed by atoms with Crippen LogP contribution in [0.4, 0.5) is 0 Å². The van der Waals surface area contributed by atoms with Gasteiger partial charge in [0.2, 0.25) is 17.7 Å². The molecule has 1 heterocycles. The maximum absolute atomic E-state index is 13.9. The number of amides is 3. The molecule has 1 aliphatic heterocycles. The van der Waals surface area contributed by atoms with Crippen molar-refractivity contribution < 1.29 is 42.9 Å². The summed E-state index contributed by atoms with van der Waals surface area (Å²) in [5.41, 5.74) is 1.01. The molecule has 53 heavy (non-hydrogen) atoms. The first-order chi connectivity index (χ1) is 25.6. The summed E-state index contributed by atoms with van der Waals surface area (Å²) in [7, 11) is 3.07. The third-order valence-electron chi connectivity index (χ3n) is 8.83. The van der Waals surface area contributed by atoms with E-state index in [2.05, 4.69) is 29.8 Å². The van der Waals surface area contributed by atoms with Crippen LogP contribution in [0.5, 0.6) is 0 Å². The zero-order valence-corrected chi connectivity index (χ0v) is 32.8. The molecule has 3 rings (SSSR count). The second kappa shape index (κ2) is 24.2. The van der Waals surface area contributed by atoms with Crippen LogP contribution in [0.1, 0.15) is 51.2 Å². The van der Waals surface area contributed by atoms with Crippen LogP contribution in [0.15, 0.2) is 60.7 Å². The first kappa shape index (κ1) is 44.1. The molecular formula is C40H59N3O9S. The van der Waals surface area contributed by atoms with Gasteiger partial charge in [0.15, 0.2) is 5.78 Å². The Labute approximate surface area is 319 Å². The molecule has 0 aromatic heterocycles. The number of hydrogen-bond acceptors (Lipinski definition) is 10. The standard InChI is InChI=1S/C40H59N3O9S/c1-29(2)16-18-32(36(44)40(3)28-52-40)41-37(45)33(26-31-14-10-7-11-15-31)42-38(46)34(27-49-5)43-39(47)35(19-17-30-12-8-6-9-13-30)53-25-24-51-23-22-50-21-20-48-4/h6-15,29,32-35H,16-28H2,1-5H3,(H,41,45)(H,42,46)(H,43,47)/t32-,33-,34-,35-,40+/m0/s1. The van der Waals surface area contributed by atoms with Crippen LogP contribution in [0.3, 0.4) is 0 Å². The fraction of sp³-hybridized carbons (Fsp3) is 0.600. The van der Waals surface area contributed by atoms with Crippen LogP contribution < -0.4 is 16.0 Å². The number of ketones is 1. The number of nitrogens with one attached hydrogen (secondary N) is 3. The number of carbonyl (C=O) groups is 4. The van der Waals surface area contributed by atoms with Crippen molar-refractivity contribution in [3.05, 3.63) is 71.8 Å². The van der Waals surface area contributed by atoms with Crippen molar-refractivity contribution in [2.45, 2.75) is 81.9 Å². The second-order valence-electron chi connectivity index (χ2n) is 13.8. The molecule has 5 atom stereocenters. The quantitative estimate of drug-likeness (QED) is 0.0868. The Balaban J connectivity index is 1.70. The first-order valence-corrected chi connectivity index (χ1v) is 19.5. The number of Topliss-reactive ketones (excluding diaryl/α,β-unsaturated/α-hetero) is 1. The molecule has 2 aromatic carbocycles. The first-order valence-electron chi connectivity index (χ1n) is 18.5. The van der Waals surface area contributed by atoms with E-state index in [0.717, 1.165) is 17.5 Å². The zero-order chi connectivity index (χ0) is 38.5. The summed E-state index contributed by atoms with van der Waals surface area (Å²) in [5, 5.41) is 8.20. The number of benzene rings is 2. The number of aryl methyl sites for hydroxylation is 1. The van der Waals surface area contributed by atoms with Gasteiger partial charge in [0.05, 0.1) is 57.5 Å². The summed E-state index contributed by atoms with van der Waals surface area (Å²) in [5.74, 6) is -0.667. The molecule has 3 amide bonds. The average Bonchev–Trinajstić information content (AvgIpc) is 3.91. The lowest BCUT2D eigenvalue weighted by Gasteiger charge is -2.27. The SMILES string of the molecule is COCCOCCOCCS[C@@H](CCc1ccccc1)C(=O)N[C@@H](COC)C(=O)N[C@@H](Cc1ccccc1)C(=O)N[C@@H](CCC(C)C)C(=O)[C@@]1(C)CO1. The largest absolute Gasteiger partial charge is 0.382 e. The van der Waals surface area contributed by atoms with Gasteiger partial charge in [-0.05, 0) is 49.7 Å². The van der Waals surface area contributed by atoms with Crippen molar-refractivity contribution in [2.75, 3.05) is 66.2 Å². The van der Waals surface area contributed by atoms with E-state index >= 15 is 0 Å². The maximum Gasteiger partial charge on any atom is 0.245 e. The molecule has 0 saturated carbocycles. The van der Waals surface area contributed by atoms with E-state index in [-0.39, 0.29) is 24.7 Å². The van der Waals surface area contributed by atoms with E-state index in [1.807, 2.05) is 60.7 Å². The maximum atomic E-state index is 13.9. The van der Waals surface area contributed by atoms with Gasteiger partial charge in [-0.1, -0.05) is 74.5 Å². The van der Waals surface area contributed by atoms with Gasteiger partial charge in [-0.25, -0.2) is 0 Å². The summed E-state index contributed by atoms with van der Waals surface area (Å²) in [4.78, 5) is 55.0. The molecular weight excluding hydrogens is 699 g/mol. The highest BCUT2D eigenvalue weighted by Gasteiger charge is 2.50. The minimum absolute atomic E-state index is 0.106. The second-order valence-corrected chi connectivity index (χ2v) is 15.1. The van der Waals surface area contributed by atoms with Crippen molar-refractivity contribution in [3.63, 3.8) is 0 Å². The Bertz CT molecular complexity index is 1380. The zero-order valence-electron chi connectivity index (χ0n) is 31.9. The molecule has 3 N–H and O–H groups in total. The summed E-state index contributed by atoms with van der Waals surface area (Å²) in [6, 6.07) is 16.4. The number of epoxide rings is 1. The molecule has 1 fully saturated rings. The lowest BCUT2D eigenvalue weighted by molar-refractivity contribution is -0.134. The van der Waals surface area contributed by atoms with Gasteiger partial charge in [-0.15, -0.1) is 11.8 Å². The monoisotopic (exact) mass is 757 g/mol. The predicted molar refractivity (Wildman–Crippen MR) is 206 cm³/mol. The van der Waals surface area contributed by atoms with Crippen LogP contribution in [-0.4, -0.2) is 119 Å². The van der Waals surface area contributed by atoms with Gasteiger partial charge in [-0.2, -0.15) is 0 Å². The number of hydrogen-bond donors (Lipinski definition) is 3.